The van der Waals surface area contributed by atoms with Crippen molar-refractivity contribution >= 4 is 5.97 Å². The van der Waals surface area contributed by atoms with Crippen LogP contribution in [0.5, 0.6) is 0 Å². The average molecular weight is 197 g/mol. The first-order valence-corrected chi connectivity index (χ1v) is 5.75. The number of rotatable bonds is 3. The molecule has 2 aliphatic rings. The van der Waals surface area contributed by atoms with Gasteiger partial charge in [0.15, 0.2) is 0 Å². The molecule has 1 unspecified atom stereocenters. The molecular formula is C11H19NO2. The van der Waals surface area contributed by atoms with Crippen molar-refractivity contribution in [2.24, 2.45) is 0 Å². The maximum Gasteiger partial charge on any atom is 0.304 e. The van der Waals surface area contributed by atoms with Crippen LogP contribution in [-0.4, -0.2) is 34.6 Å². The van der Waals surface area contributed by atoms with E-state index in [0.29, 0.717) is 18.5 Å². The highest BCUT2D eigenvalue weighted by Gasteiger charge is 2.33. The number of hydrogen-bond acceptors (Lipinski definition) is 2. The Balaban J connectivity index is 1.92. The third kappa shape index (κ3) is 2.08. The van der Waals surface area contributed by atoms with E-state index >= 15 is 0 Å². The Bertz CT molecular complexity index is 211. The van der Waals surface area contributed by atoms with Crippen LogP contribution in [0.3, 0.4) is 0 Å². The molecule has 1 saturated carbocycles. The highest BCUT2D eigenvalue weighted by molar-refractivity contribution is 5.67. The third-order valence-corrected chi connectivity index (χ3v) is 3.63. The molecule has 80 valence electrons. The van der Waals surface area contributed by atoms with Crippen LogP contribution in [0.1, 0.15) is 44.9 Å². The summed E-state index contributed by atoms with van der Waals surface area (Å²) in [5.74, 6) is -0.639. The number of hydrogen-bond donors (Lipinski definition) is 1. The predicted octanol–water partition coefficient (Wildman–Crippen LogP) is 1.87. The van der Waals surface area contributed by atoms with Gasteiger partial charge < -0.3 is 5.11 Å². The van der Waals surface area contributed by atoms with Crippen molar-refractivity contribution in [3.05, 3.63) is 0 Å². The van der Waals surface area contributed by atoms with Crippen molar-refractivity contribution in [1.82, 2.24) is 4.90 Å². The molecule has 2 rings (SSSR count). The largest absolute Gasteiger partial charge is 0.481 e. The summed E-state index contributed by atoms with van der Waals surface area (Å²) in [6.45, 7) is 1.13. The minimum absolute atomic E-state index is 0.329. The first-order valence-electron chi connectivity index (χ1n) is 5.75. The Morgan fingerprint density at radius 2 is 1.93 bits per heavy atom. The van der Waals surface area contributed by atoms with E-state index in [0.717, 1.165) is 13.0 Å². The summed E-state index contributed by atoms with van der Waals surface area (Å²) >= 11 is 0. The van der Waals surface area contributed by atoms with Gasteiger partial charge in [0.25, 0.3) is 0 Å². The molecule has 3 heteroatoms. The summed E-state index contributed by atoms with van der Waals surface area (Å²) in [6.07, 6.45) is 7.86. The van der Waals surface area contributed by atoms with E-state index in [1.807, 2.05) is 0 Å². The lowest BCUT2D eigenvalue weighted by Gasteiger charge is -2.29. The van der Waals surface area contributed by atoms with Gasteiger partial charge in [-0.05, 0) is 32.2 Å². The van der Waals surface area contributed by atoms with E-state index < -0.39 is 5.97 Å². The number of aliphatic carboxylic acids is 1. The maximum absolute atomic E-state index is 10.7. The van der Waals surface area contributed by atoms with Crippen molar-refractivity contribution in [3.63, 3.8) is 0 Å². The maximum atomic E-state index is 10.7. The van der Waals surface area contributed by atoms with Crippen LogP contribution in [0.25, 0.3) is 0 Å². The van der Waals surface area contributed by atoms with E-state index in [2.05, 4.69) is 4.90 Å². The number of carbonyl (C=O) groups is 1. The fourth-order valence-electron chi connectivity index (χ4n) is 3.00. The van der Waals surface area contributed by atoms with Crippen LogP contribution < -0.4 is 0 Å². The van der Waals surface area contributed by atoms with Crippen molar-refractivity contribution in [1.29, 1.82) is 0 Å². The molecule has 1 saturated heterocycles. The van der Waals surface area contributed by atoms with E-state index in [9.17, 15) is 4.79 Å². The molecule has 2 fully saturated rings. The lowest BCUT2D eigenvalue weighted by atomic mass is 10.1. The van der Waals surface area contributed by atoms with Gasteiger partial charge in [-0.2, -0.15) is 0 Å². The topological polar surface area (TPSA) is 40.5 Å². The lowest BCUT2D eigenvalue weighted by molar-refractivity contribution is -0.138. The molecule has 3 nitrogen and oxygen atoms in total. The first kappa shape index (κ1) is 9.97. The molecule has 1 aliphatic carbocycles. The summed E-state index contributed by atoms with van der Waals surface area (Å²) in [6, 6.07) is 1.03. The molecular weight excluding hydrogens is 178 g/mol. The molecule has 0 radical (unpaired) electrons. The monoisotopic (exact) mass is 197 g/mol. The van der Waals surface area contributed by atoms with Crippen molar-refractivity contribution in [3.8, 4) is 0 Å². The molecule has 1 aliphatic heterocycles. The van der Waals surface area contributed by atoms with Crippen molar-refractivity contribution in [2.75, 3.05) is 6.54 Å². The number of likely N-dealkylation sites (tertiary alicyclic amines) is 1. The molecule has 0 aromatic carbocycles. The van der Waals surface area contributed by atoms with E-state index in [4.69, 9.17) is 5.11 Å². The van der Waals surface area contributed by atoms with Gasteiger partial charge in [-0.25, -0.2) is 0 Å². The van der Waals surface area contributed by atoms with Gasteiger partial charge in [0.2, 0.25) is 0 Å². The molecule has 1 N–H and O–H groups in total. The Morgan fingerprint density at radius 1 is 1.21 bits per heavy atom. The van der Waals surface area contributed by atoms with Gasteiger partial charge >= 0.3 is 5.97 Å². The second-order valence-corrected chi connectivity index (χ2v) is 4.57. The second-order valence-electron chi connectivity index (χ2n) is 4.57. The molecule has 0 aromatic heterocycles. The van der Waals surface area contributed by atoms with Gasteiger partial charge in [-0.1, -0.05) is 12.8 Å². The highest BCUT2D eigenvalue weighted by atomic mass is 16.4. The number of nitrogens with zero attached hydrogens (tertiary/aromatic N) is 1. The van der Waals surface area contributed by atoms with Gasteiger partial charge in [-0.3, -0.25) is 9.69 Å². The minimum atomic E-state index is -0.639. The molecule has 14 heavy (non-hydrogen) atoms. The van der Waals surface area contributed by atoms with E-state index in [1.165, 1.54) is 32.1 Å². The lowest BCUT2D eigenvalue weighted by Crippen LogP contribution is -2.38. The van der Waals surface area contributed by atoms with Crippen LogP contribution >= 0.6 is 0 Å². The zero-order valence-corrected chi connectivity index (χ0v) is 8.61. The van der Waals surface area contributed by atoms with E-state index in [1.54, 1.807) is 0 Å². The van der Waals surface area contributed by atoms with Crippen LogP contribution in [0.4, 0.5) is 0 Å². The van der Waals surface area contributed by atoms with Crippen LogP contribution in [0, 0.1) is 0 Å². The van der Waals surface area contributed by atoms with E-state index in [-0.39, 0.29) is 0 Å². The molecule has 0 bridgehead atoms. The Hall–Kier alpha value is -0.570. The quantitative estimate of drug-likeness (QED) is 0.750. The molecule has 0 amide bonds. The van der Waals surface area contributed by atoms with Gasteiger partial charge in [0.1, 0.15) is 0 Å². The highest BCUT2D eigenvalue weighted by Crippen LogP contribution is 2.31. The van der Waals surface area contributed by atoms with Crippen LogP contribution in [0.15, 0.2) is 0 Å². The second kappa shape index (κ2) is 4.30. The molecule has 1 heterocycles. The first-order chi connectivity index (χ1) is 6.77. The SMILES string of the molecule is O=C(O)CC1CCCN1C1CCCC1. The fourth-order valence-corrected chi connectivity index (χ4v) is 3.00. The normalized spacial score (nSPS) is 29.9. The Kier molecular flexibility index (Phi) is 3.06. The van der Waals surface area contributed by atoms with Crippen molar-refractivity contribution in [2.45, 2.75) is 57.0 Å². The smallest absolute Gasteiger partial charge is 0.304 e. The minimum Gasteiger partial charge on any atom is -0.481 e. The van der Waals surface area contributed by atoms with Crippen molar-refractivity contribution < 1.29 is 9.90 Å². The van der Waals surface area contributed by atoms with Gasteiger partial charge in [-0.15, -0.1) is 0 Å². The van der Waals surface area contributed by atoms with Crippen LogP contribution in [0.2, 0.25) is 0 Å². The summed E-state index contributed by atoms with van der Waals surface area (Å²) in [7, 11) is 0. The van der Waals surface area contributed by atoms with Gasteiger partial charge in [0, 0.05) is 12.1 Å². The number of carboxylic acids is 1. The zero-order chi connectivity index (χ0) is 9.97. The standard InChI is InChI=1S/C11H19NO2/c13-11(14)8-10-6-3-7-12(10)9-4-1-2-5-9/h9-10H,1-8H2,(H,13,14). The van der Waals surface area contributed by atoms with Gasteiger partial charge in [0.05, 0.1) is 6.42 Å². The Morgan fingerprint density at radius 3 is 2.57 bits per heavy atom. The average Bonchev–Trinajstić information content (AvgIpc) is 2.70. The molecule has 1 atom stereocenters. The molecule has 0 spiro atoms. The van der Waals surface area contributed by atoms with Crippen LogP contribution in [-0.2, 0) is 4.79 Å². The summed E-state index contributed by atoms with van der Waals surface area (Å²) in [5, 5.41) is 8.81. The predicted molar refractivity (Wildman–Crippen MR) is 54.2 cm³/mol. The third-order valence-electron chi connectivity index (χ3n) is 3.63. The number of carboxylic acid groups (broad SMARTS) is 1. The zero-order valence-electron chi connectivity index (χ0n) is 8.61. The molecule has 0 aromatic rings. The fraction of sp³-hybridized carbons (Fsp3) is 0.909. The summed E-state index contributed by atoms with van der Waals surface area (Å²) in [5.41, 5.74) is 0. The summed E-state index contributed by atoms with van der Waals surface area (Å²) in [4.78, 5) is 13.1. The summed E-state index contributed by atoms with van der Waals surface area (Å²) < 4.78 is 0. The Labute approximate surface area is 85.1 Å².